The minimum absolute atomic E-state index is 0. The number of hydrogen-bond donors (Lipinski definition) is 2. The zero-order valence-electron chi connectivity index (χ0n) is 16.3. The minimum Gasteiger partial charge on any atom is -0.496 e. The van der Waals surface area contributed by atoms with Gasteiger partial charge in [0, 0.05) is 31.3 Å². The molecule has 0 fully saturated rings. The van der Waals surface area contributed by atoms with Gasteiger partial charge in [-0.25, -0.2) is 4.99 Å². The molecule has 0 amide bonds. The summed E-state index contributed by atoms with van der Waals surface area (Å²) in [5, 5.41) is 15.1. The predicted octanol–water partition coefficient (Wildman–Crippen LogP) is 3.04. The van der Waals surface area contributed by atoms with E-state index in [9.17, 15) is 0 Å². The van der Waals surface area contributed by atoms with Crippen LogP contribution in [0.5, 0.6) is 5.75 Å². The molecule has 7 nitrogen and oxygen atoms in total. The number of guanidine groups is 1. The molecule has 28 heavy (non-hydrogen) atoms. The molecule has 0 saturated heterocycles. The summed E-state index contributed by atoms with van der Waals surface area (Å²) >= 11 is 0. The van der Waals surface area contributed by atoms with E-state index in [2.05, 4.69) is 32.7 Å². The zero-order chi connectivity index (χ0) is 18.9. The van der Waals surface area contributed by atoms with Crippen molar-refractivity contribution < 1.29 is 4.74 Å². The molecule has 0 radical (unpaired) electrons. The summed E-state index contributed by atoms with van der Waals surface area (Å²) in [5.41, 5.74) is 1.94. The Balaban J connectivity index is 0.00000280. The Morgan fingerprint density at radius 3 is 2.75 bits per heavy atom. The number of methoxy groups -OCH3 is 1. The molecule has 2 N–H and O–H groups in total. The Kier molecular flexibility index (Phi) is 8.99. The maximum Gasteiger partial charge on any atom is 0.191 e. The molecule has 0 aliphatic rings. The van der Waals surface area contributed by atoms with Crippen molar-refractivity contribution in [3.05, 3.63) is 60.0 Å². The first-order chi connectivity index (χ1) is 13.3. The number of para-hydroxylation sites is 1. The van der Waals surface area contributed by atoms with Crippen LogP contribution in [0, 0.1) is 0 Å². The molecule has 0 unspecified atom stereocenters. The van der Waals surface area contributed by atoms with E-state index in [1.54, 1.807) is 7.11 Å². The highest BCUT2D eigenvalue weighted by molar-refractivity contribution is 14.0. The molecule has 0 atom stereocenters. The Bertz CT molecular complexity index is 895. The van der Waals surface area contributed by atoms with E-state index in [0.717, 1.165) is 54.7 Å². The summed E-state index contributed by atoms with van der Waals surface area (Å²) < 4.78 is 7.42. The number of ether oxygens (including phenoxy) is 1. The number of hydrogen-bond acceptors (Lipinski definition) is 4. The van der Waals surface area contributed by atoms with Crippen LogP contribution in [0.4, 0.5) is 0 Å². The van der Waals surface area contributed by atoms with Gasteiger partial charge >= 0.3 is 0 Å². The van der Waals surface area contributed by atoms with Gasteiger partial charge in [0.15, 0.2) is 11.6 Å². The number of aliphatic imine (C=N–C) groups is 1. The molecule has 150 valence electrons. The highest BCUT2D eigenvalue weighted by Crippen LogP contribution is 2.17. The fourth-order valence-corrected chi connectivity index (χ4v) is 2.85. The molecule has 1 aromatic carbocycles. The summed E-state index contributed by atoms with van der Waals surface area (Å²) in [6.45, 7) is 4.24. The number of halogens is 1. The minimum atomic E-state index is 0. The molecule has 0 aliphatic heterocycles. The van der Waals surface area contributed by atoms with Gasteiger partial charge in [0.25, 0.3) is 0 Å². The van der Waals surface area contributed by atoms with Gasteiger partial charge in [0.05, 0.1) is 13.7 Å². The van der Waals surface area contributed by atoms with E-state index < -0.39 is 0 Å². The van der Waals surface area contributed by atoms with Crippen LogP contribution in [0.15, 0.2) is 53.7 Å². The average molecular weight is 494 g/mol. The molecule has 0 bridgehead atoms. The lowest BCUT2D eigenvalue weighted by Crippen LogP contribution is -2.37. The van der Waals surface area contributed by atoms with E-state index >= 15 is 0 Å². The van der Waals surface area contributed by atoms with Crippen LogP contribution < -0.4 is 15.4 Å². The van der Waals surface area contributed by atoms with Crippen LogP contribution in [-0.2, 0) is 13.0 Å². The fourth-order valence-electron chi connectivity index (χ4n) is 2.85. The SMILES string of the molecule is CCNC(=NCc1ccccc1OC)NCCCc1nnc2ccccn12.I. The number of pyridine rings is 1. The van der Waals surface area contributed by atoms with E-state index in [4.69, 9.17) is 4.74 Å². The first-order valence-electron chi connectivity index (χ1n) is 9.24. The molecule has 3 aromatic rings. The van der Waals surface area contributed by atoms with Gasteiger partial charge in [-0.15, -0.1) is 34.2 Å². The van der Waals surface area contributed by atoms with Gasteiger partial charge in [-0.1, -0.05) is 24.3 Å². The van der Waals surface area contributed by atoms with Gasteiger partial charge in [0.1, 0.15) is 11.6 Å². The number of aromatic nitrogens is 3. The lowest BCUT2D eigenvalue weighted by Gasteiger charge is -2.12. The van der Waals surface area contributed by atoms with Crippen LogP contribution in [0.3, 0.4) is 0 Å². The highest BCUT2D eigenvalue weighted by atomic mass is 127. The Morgan fingerprint density at radius 1 is 1.11 bits per heavy atom. The third-order valence-corrected chi connectivity index (χ3v) is 4.20. The highest BCUT2D eigenvalue weighted by Gasteiger charge is 2.05. The van der Waals surface area contributed by atoms with E-state index in [-0.39, 0.29) is 24.0 Å². The molecule has 8 heteroatoms. The van der Waals surface area contributed by atoms with Crippen molar-refractivity contribution in [2.24, 2.45) is 4.99 Å². The van der Waals surface area contributed by atoms with Crippen molar-refractivity contribution in [1.82, 2.24) is 25.2 Å². The van der Waals surface area contributed by atoms with Crippen molar-refractivity contribution in [2.45, 2.75) is 26.3 Å². The number of nitrogens with zero attached hydrogens (tertiary/aromatic N) is 4. The lowest BCUT2D eigenvalue weighted by atomic mass is 10.2. The Hall–Kier alpha value is -2.36. The summed E-state index contributed by atoms with van der Waals surface area (Å²) in [4.78, 5) is 4.66. The monoisotopic (exact) mass is 494 g/mol. The number of benzene rings is 1. The molecule has 0 saturated carbocycles. The van der Waals surface area contributed by atoms with Crippen LogP contribution in [-0.4, -0.2) is 40.8 Å². The lowest BCUT2D eigenvalue weighted by molar-refractivity contribution is 0.410. The van der Waals surface area contributed by atoms with Crippen LogP contribution in [0.25, 0.3) is 5.65 Å². The zero-order valence-corrected chi connectivity index (χ0v) is 18.6. The summed E-state index contributed by atoms with van der Waals surface area (Å²) in [6.07, 6.45) is 3.79. The van der Waals surface area contributed by atoms with Crippen molar-refractivity contribution >= 4 is 35.6 Å². The summed E-state index contributed by atoms with van der Waals surface area (Å²) in [6, 6.07) is 13.9. The summed E-state index contributed by atoms with van der Waals surface area (Å²) in [5.74, 6) is 2.63. The second-order valence-corrected chi connectivity index (χ2v) is 6.08. The van der Waals surface area contributed by atoms with Crippen molar-refractivity contribution in [1.29, 1.82) is 0 Å². The number of aryl methyl sites for hydroxylation is 1. The molecule has 2 aromatic heterocycles. The molecule has 3 rings (SSSR count). The van der Waals surface area contributed by atoms with Crippen molar-refractivity contribution in [2.75, 3.05) is 20.2 Å². The van der Waals surface area contributed by atoms with Crippen molar-refractivity contribution in [3.8, 4) is 5.75 Å². The maximum absolute atomic E-state index is 5.39. The van der Waals surface area contributed by atoms with E-state index in [0.29, 0.717) is 6.54 Å². The van der Waals surface area contributed by atoms with E-state index in [1.165, 1.54) is 0 Å². The number of fused-ring (bicyclic) bond motifs is 1. The second kappa shape index (κ2) is 11.5. The first kappa shape index (κ1) is 21.9. The molecule has 2 heterocycles. The van der Waals surface area contributed by atoms with E-state index in [1.807, 2.05) is 53.1 Å². The van der Waals surface area contributed by atoms with Crippen LogP contribution >= 0.6 is 24.0 Å². The van der Waals surface area contributed by atoms with Crippen LogP contribution in [0.2, 0.25) is 0 Å². The quantitative estimate of drug-likeness (QED) is 0.218. The third-order valence-electron chi connectivity index (χ3n) is 4.20. The molecule has 0 spiro atoms. The molecule has 0 aliphatic carbocycles. The molecular weight excluding hydrogens is 467 g/mol. The van der Waals surface area contributed by atoms with Gasteiger partial charge < -0.3 is 15.4 Å². The predicted molar refractivity (Wildman–Crippen MR) is 123 cm³/mol. The van der Waals surface area contributed by atoms with Crippen LogP contribution in [0.1, 0.15) is 24.7 Å². The topological polar surface area (TPSA) is 75.8 Å². The Labute approximate surface area is 182 Å². The fraction of sp³-hybridized carbons (Fsp3) is 0.350. The smallest absolute Gasteiger partial charge is 0.191 e. The van der Waals surface area contributed by atoms with Gasteiger partial charge in [0.2, 0.25) is 0 Å². The first-order valence-corrected chi connectivity index (χ1v) is 9.24. The van der Waals surface area contributed by atoms with Gasteiger partial charge in [-0.2, -0.15) is 0 Å². The Morgan fingerprint density at radius 2 is 1.93 bits per heavy atom. The molecular formula is C20H27IN6O. The van der Waals surface area contributed by atoms with Gasteiger partial charge in [-0.3, -0.25) is 4.40 Å². The van der Waals surface area contributed by atoms with Crippen molar-refractivity contribution in [3.63, 3.8) is 0 Å². The summed E-state index contributed by atoms with van der Waals surface area (Å²) in [7, 11) is 1.68. The average Bonchev–Trinajstić information content (AvgIpc) is 3.12. The second-order valence-electron chi connectivity index (χ2n) is 6.08. The normalized spacial score (nSPS) is 11.1. The number of nitrogens with one attached hydrogen (secondary N) is 2. The number of rotatable bonds is 8. The maximum atomic E-state index is 5.39. The largest absolute Gasteiger partial charge is 0.496 e. The third kappa shape index (κ3) is 5.82. The van der Waals surface area contributed by atoms with Gasteiger partial charge in [-0.05, 0) is 31.5 Å². The standard InChI is InChI=1S/C20H26N6O.HI/c1-3-21-20(23-15-16-9-4-5-10-17(16)27-2)22-13-8-12-19-25-24-18-11-6-7-14-26(18)19;/h4-7,9-11,14H,3,8,12-13,15H2,1-2H3,(H2,21,22,23);1H.